The van der Waals surface area contributed by atoms with E-state index in [0.29, 0.717) is 23.5 Å². The van der Waals surface area contributed by atoms with Gasteiger partial charge < -0.3 is 4.74 Å². The van der Waals surface area contributed by atoms with Gasteiger partial charge >= 0.3 is 0 Å². The van der Waals surface area contributed by atoms with Gasteiger partial charge in [0.2, 0.25) is 0 Å². The van der Waals surface area contributed by atoms with Gasteiger partial charge in [0, 0.05) is 13.2 Å². The van der Waals surface area contributed by atoms with Crippen LogP contribution >= 0.6 is 0 Å². The van der Waals surface area contributed by atoms with Crippen LogP contribution in [0.25, 0.3) is 10.9 Å². The van der Waals surface area contributed by atoms with Crippen LogP contribution in [0.1, 0.15) is 5.56 Å². The maximum Gasteiger partial charge on any atom is 0.299 e. The Balaban J connectivity index is 1.96. The number of rotatable bonds is 3. The molecule has 2 aromatic heterocycles. The molecule has 1 aromatic carbocycles. The molecule has 0 N–H and O–H groups in total. The third kappa shape index (κ3) is 2.25. The van der Waals surface area contributed by atoms with Crippen molar-refractivity contribution in [3.05, 3.63) is 64.7 Å². The Morgan fingerprint density at radius 2 is 2.00 bits per heavy atom. The van der Waals surface area contributed by atoms with Crippen LogP contribution in [0.3, 0.4) is 0 Å². The Kier molecular flexibility index (Phi) is 3.16. The molecule has 0 amide bonds. The van der Waals surface area contributed by atoms with Gasteiger partial charge in [-0.05, 0) is 11.6 Å². The summed E-state index contributed by atoms with van der Waals surface area (Å²) in [5, 5.41) is 0.537. The monoisotopic (exact) mass is 267 g/mol. The van der Waals surface area contributed by atoms with E-state index in [9.17, 15) is 4.79 Å². The summed E-state index contributed by atoms with van der Waals surface area (Å²) in [5.41, 5.74) is 1.42. The number of aromatic nitrogens is 3. The Morgan fingerprint density at radius 1 is 1.20 bits per heavy atom. The van der Waals surface area contributed by atoms with E-state index in [1.807, 2.05) is 30.3 Å². The van der Waals surface area contributed by atoms with Crippen LogP contribution in [-0.4, -0.2) is 14.5 Å². The van der Waals surface area contributed by atoms with Crippen molar-refractivity contribution in [1.29, 1.82) is 0 Å². The second kappa shape index (κ2) is 5.13. The number of benzene rings is 1. The lowest BCUT2D eigenvalue weighted by molar-refractivity contribution is 0.267. The smallest absolute Gasteiger partial charge is 0.299 e. The van der Waals surface area contributed by atoms with Gasteiger partial charge in [0.05, 0.1) is 17.1 Å². The van der Waals surface area contributed by atoms with E-state index in [1.165, 1.54) is 4.57 Å². The largest absolute Gasteiger partial charge is 0.460 e. The molecule has 100 valence electrons. The zero-order chi connectivity index (χ0) is 13.9. The highest BCUT2D eigenvalue weighted by Gasteiger charge is 2.09. The Bertz CT molecular complexity index is 797. The number of hydrogen-bond donors (Lipinski definition) is 0. The first-order valence-electron chi connectivity index (χ1n) is 6.23. The number of nitrogens with zero attached hydrogens (tertiary/aromatic N) is 3. The number of ether oxygens (including phenoxy) is 1. The molecule has 0 saturated carbocycles. The quantitative estimate of drug-likeness (QED) is 0.727. The predicted molar refractivity (Wildman–Crippen MR) is 75.6 cm³/mol. The molecule has 0 atom stereocenters. The highest BCUT2D eigenvalue weighted by Crippen LogP contribution is 2.12. The van der Waals surface area contributed by atoms with Crippen LogP contribution in [-0.2, 0) is 13.7 Å². The van der Waals surface area contributed by atoms with Crippen LogP contribution in [0, 0.1) is 0 Å². The third-order valence-corrected chi connectivity index (χ3v) is 3.05. The van der Waals surface area contributed by atoms with Gasteiger partial charge in [-0.25, -0.2) is 0 Å². The molecule has 0 unspecified atom stereocenters. The van der Waals surface area contributed by atoms with Crippen LogP contribution in [0.5, 0.6) is 6.01 Å². The number of pyridine rings is 1. The summed E-state index contributed by atoms with van der Waals surface area (Å²) in [6.07, 6.45) is 3.14. The molecule has 0 fully saturated rings. The van der Waals surface area contributed by atoms with Crippen molar-refractivity contribution in [1.82, 2.24) is 14.5 Å². The van der Waals surface area contributed by atoms with Crippen molar-refractivity contribution in [2.24, 2.45) is 7.05 Å². The molecule has 0 spiro atoms. The van der Waals surface area contributed by atoms with Crippen LogP contribution in [0.2, 0.25) is 0 Å². The van der Waals surface area contributed by atoms with Gasteiger partial charge in [0.15, 0.2) is 0 Å². The van der Waals surface area contributed by atoms with Crippen molar-refractivity contribution < 1.29 is 4.74 Å². The fraction of sp³-hybridized carbons (Fsp3) is 0.133. The van der Waals surface area contributed by atoms with Crippen molar-refractivity contribution in [2.45, 2.75) is 6.61 Å². The zero-order valence-electron chi connectivity index (χ0n) is 11.0. The standard InChI is InChI=1S/C15H13N3O2/c1-18-14(19)12-7-8-16-9-13(12)17-15(18)20-10-11-5-3-2-4-6-11/h2-9H,10H2,1H3. The summed E-state index contributed by atoms with van der Waals surface area (Å²) in [6, 6.07) is 11.7. The van der Waals surface area contributed by atoms with Crippen LogP contribution in [0.4, 0.5) is 0 Å². The predicted octanol–water partition coefficient (Wildman–Crippen LogP) is 1.91. The van der Waals surface area contributed by atoms with Crippen molar-refractivity contribution in [3.63, 3.8) is 0 Å². The fourth-order valence-corrected chi connectivity index (χ4v) is 1.95. The topological polar surface area (TPSA) is 57.0 Å². The first kappa shape index (κ1) is 12.3. The lowest BCUT2D eigenvalue weighted by Gasteiger charge is -2.10. The van der Waals surface area contributed by atoms with E-state index in [0.717, 1.165) is 5.56 Å². The average molecular weight is 267 g/mol. The minimum absolute atomic E-state index is 0.138. The maximum atomic E-state index is 12.2. The van der Waals surface area contributed by atoms with E-state index < -0.39 is 0 Å². The van der Waals surface area contributed by atoms with E-state index in [1.54, 1.807) is 25.5 Å². The molecule has 3 aromatic rings. The first-order valence-corrected chi connectivity index (χ1v) is 6.23. The number of hydrogen-bond acceptors (Lipinski definition) is 4. The zero-order valence-corrected chi connectivity index (χ0v) is 11.0. The summed E-state index contributed by atoms with van der Waals surface area (Å²) in [5.74, 6) is 0. The summed E-state index contributed by atoms with van der Waals surface area (Å²) in [4.78, 5) is 20.5. The fourth-order valence-electron chi connectivity index (χ4n) is 1.95. The van der Waals surface area contributed by atoms with Crippen molar-refractivity contribution in [3.8, 4) is 6.01 Å². The summed E-state index contributed by atoms with van der Waals surface area (Å²) < 4.78 is 7.04. The second-order valence-electron chi connectivity index (χ2n) is 4.43. The van der Waals surface area contributed by atoms with E-state index in [-0.39, 0.29) is 5.56 Å². The molecule has 0 radical (unpaired) electrons. The number of fused-ring (bicyclic) bond motifs is 1. The minimum atomic E-state index is -0.138. The van der Waals surface area contributed by atoms with Gasteiger partial charge in [0.25, 0.3) is 11.6 Å². The van der Waals surface area contributed by atoms with Crippen LogP contribution < -0.4 is 10.3 Å². The SMILES string of the molecule is Cn1c(OCc2ccccc2)nc2cnccc2c1=O. The molecular formula is C15H13N3O2. The van der Waals surface area contributed by atoms with E-state index in [4.69, 9.17) is 4.74 Å². The Hall–Kier alpha value is -2.69. The van der Waals surface area contributed by atoms with Crippen LogP contribution in [0.15, 0.2) is 53.6 Å². The molecule has 2 heterocycles. The highest BCUT2D eigenvalue weighted by molar-refractivity contribution is 5.76. The second-order valence-corrected chi connectivity index (χ2v) is 4.43. The van der Waals surface area contributed by atoms with Gasteiger partial charge in [-0.1, -0.05) is 30.3 Å². The molecular weight excluding hydrogens is 254 g/mol. The summed E-state index contributed by atoms with van der Waals surface area (Å²) in [7, 11) is 1.65. The molecule has 0 aliphatic carbocycles. The van der Waals surface area contributed by atoms with Gasteiger partial charge in [-0.3, -0.25) is 14.3 Å². The lowest BCUT2D eigenvalue weighted by atomic mass is 10.2. The Labute approximate surface area is 115 Å². The molecule has 0 aliphatic heterocycles. The lowest BCUT2D eigenvalue weighted by Crippen LogP contribution is -2.20. The van der Waals surface area contributed by atoms with Gasteiger partial charge in [-0.15, -0.1) is 0 Å². The molecule has 0 bridgehead atoms. The minimum Gasteiger partial charge on any atom is -0.460 e. The summed E-state index contributed by atoms with van der Waals surface area (Å²) in [6.45, 7) is 0.368. The average Bonchev–Trinajstić information content (AvgIpc) is 2.50. The van der Waals surface area contributed by atoms with Gasteiger partial charge in [-0.2, -0.15) is 4.98 Å². The normalized spacial score (nSPS) is 10.7. The maximum absolute atomic E-state index is 12.2. The molecule has 0 aliphatic rings. The highest BCUT2D eigenvalue weighted by atomic mass is 16.5. The molecule has 20 heavy (non-hydrogen) atoms. The molecule has 3 rings (SSSR count). The van der Waals surface area contributed by atoms with Crippen molar-refractivity contribution in [2.75, 3.05) is 0 Å². The Morgan fingerprint density at radius 3 is 2.80 bits per heavy atom. The van der Waals surface area contributed by atoms with E-state index in [2.05, 4.69) is 9.97 Å². The molecule has 0 saturated heterocycles. The van der Waals surface area contributed by atoms with Gasteiger partial charge in [0.1, 0.15) is 6.61 Å². The summed E-state index contributed by atoms with van der Waals surface area (Å²) >= 11 is 0. The molecule has 5 nitrogen and oxygen atoms in total. The van der Waals surface area contributed by atoms with E-state index >= 15 is 0 Å². The van der Waals surface area contributed by atoms with Crippen molar-refractivity contribution >= 4 is 10.9 Å². The molecule has 5 heteroatoms. The third-order valence-electron chi connectivity index (χ3n) is 3.05. The first-order chi connectivity index (χ1) is 9.75.